The predicted molar refractivity (Wildman–Crippen MR) is 63.3 cm³/mol. The third-order valence-electron chi connectivity index (χ3n) is 2.11. The van der Waals surface area contributed by atoms with E-state index in [1.807, 2.05) is 12.1 Å². The van der Waals surface area contributed by atoms with Gasteiger partial charge in [-0.2, -0.15) is 4.98 Å². The highest BCUT2D eigenvalue weighted by atomic mass is 16.5. The molecule has 0 aromatic carbocycles. The molecule has 7 heteroatoms. The maximum atomic E-state index is 5.27. The lowest BCUT2D eigenvalue weighted by Gasteiger charge is -2.05. The van der Waals surface area contributed by atoms with Gasteiger partial charge in [0.25, 0.3) is 0 Å². The van der Waals surface area contributed by atoms with Gasteiger partial charge in [-0.3, -0.25) is 0 Å². The fraction of sp³-hybridized carbons (Fsp3) is 0.300. The Balaban J connectivity index is 1.85. The number of nitrogens with one attached hydrogen (secondary N) is 2. The van der Waals surface area contributed by atoms with Crippen molar-refractivity contribution in [1.29, 1.82) is 0 Å². The molecule has 0 saturated heterocycles. The number of hydrogen-bond acceptors (Lipinski definition) is 7. The van der Waals surface area contributed by atoms with Gasteiger partial charge in [-0.1, -0.05) is 11.2 Å². The lowest BCUT2D eigenvalue weighted by molar-refractivity contribution is 0.377. The van der Waals surface area contributed by atoms with Crippen LogP contribution in [0.2, 0.25) is 0 Å². The van der Waals surface area contributed by atoms with Crippen LogP contribution in [0.25, 0.3) is 0 Å². The van der Waals surface area contributed by atoms with Crippen molar-refractivity contribution in [2.75, 3.05) is 17.3 Å². The van der Waals surface area contributed by atoms with Crippen molar-refractivity contribution in [1.82, 2.24) is 15.1 Å². The number of hydrazine groups is 1. The molecule has 0 aliphatic carbocycles. The number of nitrogens with zero attached hydrogens (tertiary/aromatic N) is 3. The normalized spacial score (nSPS) is 10.2. The van der Waals surface area contributed by atoms with E-state index in [1.165, 1.54) is 0 Å². The van der Waals surface area contributed by atoms with Crippen molar-refractivity contribution in [3.63, 3.8) is 0 Å². The molecule has 0 bridgehead atoms. The minimum Gasteiger partial charge on any atom is -0.369 e. The summed E-state index contributed by atoms with van der Waals surface area (Å²) in [6.07, 6.45) is 0.656. The Labute approximate surface area is 98.4 Å². The summed E-state index contributed by atoms with van der Waals surface area (Å²) in [5.41, 5.74) is 2.49. The molecule has 2 heterocycles. The Morgan fingerprint density at radius 2 is 2.12 bits per heavy atom. The smallest absolute Gasteiger partial charge is 0.228 e. The molecule has 7 nitrogen and oxygen atoms in total. The van der Waals surface area contributed by atoms with Crippen LogP contribution in [0.15, 0.2) is 22.7 Å². The van der Waals surface area contributed by atoms with E-state index >= 15 is 0 Å². The summed E-state index contributed by atoms with van der Waals surface area (Å²) in [6.45, 7) is 2.46. The van der Waals surface area contributed by atoms with Gasteiger partial charge in [0.15, 0.2) is 5.82 Å². The van der Waals surface area contributed by atoms with Gasteiger partial charge in [-0.15, -0.1) is 0 Å². The van der Waals surface area contributed by atoms with E-state index in [4.69, 9.17) is 10.4 Å². The zero-order valence-corrected chi connectivity index (χ0v) is 9.47. The molecule has 2 rings (SSSR count). The van der Waals surface area contributed by atoms with Crippen LogP contribution in [-0.2, 0) is 6.42 Å². The van der Waals surface area contributed by atoms with Crippen molar-refractivity contribution in [2.45, 2.75) is 13.3 Å². The zero-order valence-electron chi connectivity index (χ0n) is 9.47. The molecule has 90 valence electrons. The molecule has 0 amide bonds. The zero-order chi connectivity index (χ0) is 12.1. The summed E-state index contributed by atoms with van der Waals surface area (Å²) in [5.74, 6) is 7.89. The molecule has 0 saturated carbocycles. The molecular weight excluding hydrogens is 220 g/mol. The molecule has 0 aliphatic rings. The Hall–Kier alpha value is -2.15. The third kappa shape index (κ3) is 3.15. The SMILES string of the molecule is Cc1noc(CCNc2cccc(NN)n2)n1. The van der Waals surface area contributed by atoms with Crippen LogP contribution in [-0.4, -0.2) is 21.7 Å². The first-order valence-electron chi connectivity index (χ1n) is 5.24. The lowest BCUT2D eigenvalue weighted by Crippen LogP contribution is -2.11. The van der Waals surface area contributed by atoms with Gasteiger partial charge in [0, 0.05) is 13.0 Å². The largest absolute Gasteiger partial charge is 0.369 e. The molecule has 0 fully saturated rings. The molecular formula is C10H14N6O. The minimum atomic E-state index is 0.614. The molecule has 0 aliphatic heterocycles. The number of nitrogens with two attached hydrogens (primary N) is 1. The first kappa shape index (κ1) is 11.3. The standard InChI is InChI=1S/C10H14N6O/c1-7-13-10(17-16-7)5-6-12-8-3-2-4-9(14-8)15-11/h2-4H,5-6,11H2,1H3,(H2,12,14,15). The van der Waals surface area contributed by atoms with E-state index in [-0.39, 0.29) is 0 Å². The number of rotatable bonds is 5. The lowest BCUT2D eigenvalue weighted by atomic mass is 10.4. The topological polar surface area (TPSA) is 102 Å². The van der Waals surface area contributed by atoms with Crippen molar-refractivity contribution in [2.24, 2.45) is 5.84 Å². The molecule has 0 radical (unpaired) electrons. The molecule has 4 N–H and O–H groups in total. The summed E-state index contributed by atoms with van der Waals surface area (Å²) in [7, 11) is 0. The van der Waals surface area contributed by atoms with Crippen LogP contribution in [0.1, 0.15) is 11.7 Å². The fourth-order valence-corrected chi connectivity index (χ4v) is 1.35. The first-order valence-corrected chi connectivity index (χ1v) is 5.24. The Morgan fingerprint density at radius 1 is 1.29 bits per heavy atom. The van der Waals surface area contributed by atoms with Gasteiger partial charge in [-0.25, -0.2) is 10.8 Å². The molecule has 2 aromatic rings. The van der Waals surface area contributed by atoms with Crippen molar-refractivity contribution in [3.8, 4) is 0 Å². The number of aromatic nitrogens is 3. The summed E-state index contributed by atoms with van der Waals surface area (Å²) in [5, 5.41) is 6.86. The number of aryl methyl sites for hydroxylation is 1. The van der Waals surface area contributed by atoms with Crippen LogP contribution in [0.3, 0.4) is 0 Å². The van der Waals surface area contributed by atoms with E-state index in [1.54, 1.807) is 13.0 Å². The van der Waals surface area contributed by atoms with Crippen LogP contribution >= 0.6 is 0 Å². The number of anilines is 2. The summed E-state index contributed by atoms with van der Waals surface area (Å²) < 4.78 is 4.99. The van der Waals surface area contributed by atoms with E-state index in [9.17, 15) is 0 Å². The van der Waals surface area contributed by atoms with Crippen molar-refractivity contribution < 1.29 is 4.52 Å². The highest BCUT2D eigenvalue weighted by molar-refractivity contribution is 5.44. The summed E-state index contributed by atoms with van der Waals surface area (Å²) in [6, 6.07) is 5.51. The minimum absolute atomic E-state index is 0.614. The second kappa shape index (κ2) is 5.26. The number of hydrogen-bond donors (Lipinski definition) is 3. The van der Waals surface area contributed by atoms with Gasteiger partial charge in [-0.05, 0) is 19.1 Å². The monoisotopic (exact) mass is 234 g/mol. The molecule has 0 atom stereocenters. The average molecular weight is 234 g/mol. The van der Waals surface area contributed by atoms with Crippen molar-refractivity contribution in [3.05, 3.63) is 29.9 Å². The first-order chi connectivity index (χ1) is 8.28. The Bertz CT molecular complexity index is 483. The van der Waals surface area contributed by atoms with Crippen LogP contribution in [0.4, 0.5) is 11.6 Å². The number of pyridine rings is 1. The summed E-state index contributed by atoms with van der Waals surface area (Å²) >= 11 is 0. The van der Waals surface area contributed by atoms with Crippen molar-refractivity contribution >= 4 is 11.6 Å². The van der Waals surface area contributed by atoms with Gasteiger partial charge in [0.05, 0.1) is 0 Å². The second-order valence-corrected chi connectivity index (χ2v) is 3.46. The van der Waals surface area contributed by atoms with Crippen LogP contribution in [0.5, 0.6) is 0 Å². The maximum absolute atomic E-state index is 5.27. The van der Waals surface area contributed by atoms with Gasteiger partial charge >= 0.3 is 0 Å². The maximum Gasteiger partial charge on any atom is 0.228 e. The van der Waals surface area contributed by atoms with E-state index in [0.29, 0.717) is 30.5 Å². The third-order valence-corrected chi connectivity index (χ3v) is 2.11. The van der Waals surface area contributed by atoms with Crippen LogP contribution < -0.4 is 16.6 Å². The van der Waals surface area contributed by atoms with Gasteiger partial charge < -0.3 is 15.3 Å². The molecule has 0 spiro atoms. The average Bonchev–Trinajstić information content (AvgIpc) is 2.75. The molecule has 0 unspecified atom stereocenters. The second-order valence-electron chi connectivity index (χ2n) is 3.46. The highest BCUT2D eigenvalue weighted by Crippen LogP contribution is 2.07. The molecule has 2 aromatic heterocycles. The highest BCUT2D eigenvalue weighted by Gasteiger charge is 2.02. The Kier molecular flexibility index (Phi) is 3.51. The fourth-order valence-electron chi connectivity index (χ4n) is 1.35. The van der Waals surface area contributed by atoms with E-state index in [0.717, 1.165) is 5.82 Å². The quantitative estimate of drug-likeness (QED) is 0.517. The van der Waals surface area contributed by atoms with Crippen LogP contribution in [0, 0.1) is 6.92 Å². The van der Waals surface area contributed by atoms with Gasteiger partial charge in [0.2, 0.25) is 5.89 Å². The molecule has 17 heavy (non-hydrogen) atoms. The van der Waals surface area contributed by atoms with E-state index < -0.39 is 0 Å². The Morgan fingerprint density at radius 3 is 2.82 bits per heavy atom. The summed E-state index contributed by atoms with van der Waals surface area (Å²) in [4.78, 5) is 8.32. The van der Waals surface area contributed by atoms with E-state index in [2.05, 4.69) is 25.9 Å². The predicted octanol–water partition coefficient (Wildman–Crippen LogP) is 0.713. The van der Waals surface area contributed by atoms with Gasteiger partial charge in [0.1, 0.15) is 11.6 Å². The number of nitrogen functional groups attached to an aromatic ring is 1.